The van der Waals surface area contributed by atoms with Gasteiger partial charge in [-0.25, -0.2) is 0 Å². The van der Waals surface area contributed by atoms with Crippen LogP contribution in [0.4, 0.5) is 0 Å². The van der Waals surface area contributed by atoms with Gasteiger partial charge in [0, 0.05) is 0 Å². The molecule has 0 aliphatic heterocycles. The average Bonchev–Trinajstić information content (AvgIpc) is 2.77. The van der Waals surface area contributed by atoms with Crippen LogP contribution in [-0.4, -0.2) is 25.2 Å². The van der Waals surface area contributed by atoms with Gasteiger partial charge in [0.2, 0.25) is 0 Å². The summed E-state index contributed by atoms with van der Waals surface area (Å²) in [5.41, 5.74) is 0. The molecular weight excluding hydrogens is 376 g/mol. The first kappa shape index (κ1) is 27.0. The van der Waals surface area contributed by atoms with Crippen molar-refractivity contribution in [1.82, 2.24) is 0 Å². The van der Waals surface area contributed by atoms with Gasteiger partial charge in [-0.1, -0.05) is 97.8 Å². The smallest absolute Gasteiger partial charge is 0.309 e. The Kier molecular flexibility index (Phi) is 15.8. The second-order valence-electron chi connectivity index (χ2n) is 9.19. The topological polar surface area (TPSA) is 52.6 Å². The largest absolute Gasteiger partial charge is 0.465 e. The molecule has 176 valence electrons. The van der Waals surface area contributed by atoms with E-state index in [1.807, 2.05) is 0 Å². The van der Waals surface area contributed by atoms with Crippen molar-refractivity contribution in [2.24, 2.45) is 17.8 Å². The van der Waals surface area contributed by atoms with E-state index >= 15 is 0 Å². The minimum atomic E-state index is -0.312. The van der Waals surface area contributed by atoms with Gasteiger partial charge in [0.1, 0.15) is 0 Å². The van der Waals surface area contributed by atoms with Crippen LogP contribution in [0.1, 0.15) is 124 Å². The van der Waals surface area contributed by atoms with E-state index in [1.54, 1.807) is 0 Å². The predicted octanol–water partition coefficient (Wildman–Crippen LogP) is 7.24. The van der Waals surface area contributed by atoms with Crippen molar-refractivity contribution in [3.05, 3.63) is 0 Å². The molecule has 4 heteroatoms. The molecule has 0 amide bonds. The highest BCUT2D eigenvalue weighted by Crippen LogP contribution is 2.32. The van der Waals surface area contributed by atoms with Crippen LogP contribution in [0.15, 0.2) is 0 Å². The van der Waals surface area contributed by atoms with E-state index in [0.717, 1.165) is 51.4 Å². The van der Waals surface area contributed by atoms with Gasteiger partial charge in [-0.05, 0) is 31.6 Å². The highest BCUT2D eigenvalue weighted by atomic mass is 16.5. The van der Waals surface area contributed by atoms with Crippen molar-refractivity contribution in [3.8, 4) is 0 Å². The third-order valence-corrected chi connectivity index (χ3v) is 6.62. The summed E-state index contributed by atoms with van der Waals surface area (Å²) in [7, 11) is 0. The molecule has 0 aromatic heterocycles. The summed E-state index contributed by atoms with van der Waals surface area (Å²) in [4.78, 5) is 25.3. The van der Waals surface area contributed by atoms with Crippen molar-refractivity contribution < 1.29 is 19.1 Å². The third-order valence-electron chi connectivity index (χ3n) is 6.62. The van der Waals surface area contributed by atoms with E-state index in [9.17, 15) is 9.59 Å². The summed E-state index contributed by atoms with van der Waals surface area (Å²) >= 11 is 0. The van der Waals surface area contributed by atoms with Crippen molar-refractivity contribution in [1.29, 1.82) is 0 Å². The third kappa shape index (κ3) is 11.4. The molecule has 0 saturated heterocycles. The summed E-state index contributed by atoms with van der Waals surface area (Å²) in [5.74, 6) is -0.550. The Morgan fingerprint density at radius 3 is 1.83 bits per heavy atom. The monoisotopic (exact) mass is 424 g/mol. The summed E-state index contributed by atoms with van der Waals surface area (Å²) < 4.78 is 11.2. The molecule has 1 aliphatic rings. The summed E-state index contributed by atoms with van der Waals surface area (Å²) in [5, 5.41) is 0. The molecule has 1 rings (SSSR count). The molecule has 0 aromatic rings. The van der Waals surface area contributed by atoms with Crippen LogP contribution in [0.2, 0.25) is 0 Å². The Bertz CT molecular complexity index is 448. The van der Waals surface area contributed by atoms with Gasteiger partial charge in [-0.3, -0.25) is 9.59 Å². The van der Waals surface area contributed by atoms with Crippen LogP contribution in [0.3, 0.4) is 0 Å². The predicted molar refractivity (Wildman–Crippen MR) is 123 cm³/mol. The number of ether oxygens (including phenoxy) is 2. The molecule has 0 heterocycles. The zero-order valence-corrected chi connectivity index (χ0v) is 20.1. The molecule has 0 radical (unpaired) electrons. The minimum absolute atomic E-state index is 0.182. The lowest BCUT2D eigenvalue weighted by molar-refractivity contribution is -0.163. The maximum absolute atomic E-state index is 12.7. The number of hydrogen-bond donors (Lipinski definition) is 0. The molecule has 0 spiro atoms. The summed E-state index contributed by atoms with van der Waals surface area (Å²) in [6, 6.07) is 0. The molecule has 3 unspecified atom stereocenters. The summed E-state index contributed by atoms with van der Waals surface area (Å²) in [6.07, 6.45) is 17.8. The molecule has 0 aromatic carbocycles. The average molecular weight is 425 g/mol. The van der Waals surface area contributed by atoms with Crippen molar-refractivity contribution in [2.75, 3.05) is 13.2 Å². The molecule has 1 saturated carbocycles. The second kappa shape index (κ2) is 17.6. The van der Waals surface area contributed by atoms with Gasteiger partial charge in [0.15, 0.2) is 0 Å². The molecule has 30 heavy (non-hydrogen) atoms. The lowest BCUT2D eigenvalue weighted by atomic mass is 9.79. The maximum atomic E-state index is 12.7. The van der Waals surface area contributed by atoms with E-state index in [0.29, 0.717) is 19.1 Å². The Balaban J connectivity index is 2.30. The maximum Gasteiger partial charge on any atom is 0.309 e. The van der Waals surface area contributed by atoms with E-state index in [4.69, 9.17) is 9.47 Å². The lowest BCUT2D eigenvalue weighted by Crippen LogP contribution is -2.35. The van der Waals surface area contributed by atoms with Crippen molar-refractivity contribution in [3.63, 3.8) is 0 Å². The van der Waals surface area contributed by atoms with Crippen molar-refractivity contribution in [2.45, 2.75) is 124 Å². The first-order valence-electron chi connectivity index (χ1n) is 13.0. The lowest BCUT2D eigenvalue weighted by Gasteiger charge is -2.29. The highest BCUT2D eigenvalue weighted by molar-refractivity contribution is 5.82. The SMILES string of the molecule is CCCCCCCCCCOC(=O)C1CCCCC1C(=O)OCC(CC)CCCC. The molecule has 1 aliphatic carbocycles. The normalized spacial score (nSPS) is 20.0. The molecule has 1 fully saturated rings. The molecule has 3 atom stereocenters. The van der Waals surface area contributed by atoms with Crippen LogP contribution in [0.25, 0.3) is 0 Å². The quantitative estimate of drug-likeness (QED) is 0.182. The number of carbonyl (C=O) groups excluding carboxylic acids is 2. The Labute approximate surface area is 185 Å². The molecule has 4 nitrogen and oxygen atoms in total. The van der Waals surface area contributed by atoms with Crippen LogP contribution in [-0.2, 0) is 19.1 Å². The summed E-state index contributed by atoms with van der Waals surface area (Å²) in [6.45, 7) is 7.55. The Hall–Kier alpha value is -1.06. The fourth-order valence-corrected chi connectivity index (χ4v) is 4.42. The number of rotatable bonds is 17. The van der Waals surface area contributed by atoms with Crippen LogP contribution in [0, 0.1) is 17.8 Å². The number of carbonyl (C=O) groups is 2. The van der Waals surface area contributed by atoms with Gasteiger partial charge in [0.25, 0.3) is 0 Å². The fraction of sp³-hybridized carbons (Fsp3) is 0.923. The number of unbranched alkanes of at least 4 members (excludes halogenated alkanes) is 8. The number of esters is 2. The first-order valence-corrected chi connectivity index (χ1v) is 13.0. The van der Waals surface area contributed by atoms with Gasteiger partial charge in [0.05, 0.1) is 25.0 Å². The number of hydrogen-bond acceptors (Lipinski definition) is 4. The first-order chi connectivity index (χ1) is 14.6. The van der Waals surface area contributed by atoms with E-state index < -0.39 is 0 Å². The zero-order valence-electron chi connectivity index (χ0n) is 20.1. The Morgan fingerprint density at radius 1 is 0.733 bits per heavy atom. The van der Waals surface area contributed by atoms with Gasteiger partial charge in [-0.15, -0.1) is 0 Å². The zero-order chi connectivity index (χ0) is 22.0. The van der Waals surface area contributed by atoms with Gasteiger partial charge >= 0.3 is 11.9 Å². The van der Waals surface area contributed by atoms with Crippen LogP contribution in [0.5, 0.6) is 0 Å². The van der Waals surface area contributed by atoms with Crippen LogP contribution < -0.4 is 0 Å². The van der Waals surface area contributed by atoms with E-state index in [1.165, 1.54) is 51.4 Å². The fourth-order valence-electron chi connectivity index (χ4n) is 4.42. The Morgan fingerprint density at radius 2 is 1.27 bits per heavy atom. The van der Waals surface area contributed by atoms with E-state index in [-0.39, 0.29) is 23.8 Å². The van der Waals surface area contributed by atoms with Gasteiger partial charge < -0.3 is 9.47 Å². The van der Waals surface area contributed by atoms with Crippen molar-refractivity contribution >= 4 is 11.9 Å². The van der Waals surface area contributed by atoms with E-state index in [2.05, 4.69) is 20.8 Å². The minimum Gasteiger partial charge on any atom is -0.465 e. The molecule has 0 bridgehead atoms. The van der Waals surface area contributed by atoms with Gasteiger partial charge in [-0.2, -0.15) is 0 Å². The standard InChI is InChI=1S/C26H48O4/c1-4-7-9-10-11-12-13-16-20-29-25(27)23-18-14-15-19-24(23)26(28)30-21-22(6-3)17-8-5-2/h22-24H,4-21H2,1-3H3. The molecular formula is C26H48O4. The van der Waals surface area contributed by atoms with Crippen LogP contribution >= 0.6 is 0 Å². The second-order valence-corrected chi connectivity index (χ2v) is 9.19. The highest BCUT2D eigenvalue weighted by Gasteiger charge is 2.38. The molecule has 0 N–H and O–H groups in total.